The summed E-state index contributed by atoms with van der Waals surface area (Å²) in [6.07, 6.45) is 1.33. The molecule has 1 aliphatic heterocycles. The highest BCUT2D eigenvalue weighted by Gasteiger charge is 2.19. The number of carbonyl (C=O) groups is 1. The minimum absolute atomic E-state index is 0.136. The lowest BCUT2D eigenvalue weighted by Gasteiger charge is -2.10. The Bertz CT molecular complexity index is 591. The second kappa shape index (κ2) is 7.48. The van der Waals surface area contributed by atoms with Crippen LogP contribution in [0.25, 0.3) is 0 Å². The Morgan fingerprint density at radius 2 is 1.81 bits per heavy atom. The second-order valence-electron chi connectivity index (χ2n) is 4.87. The number of fused-ring (bicyclic) bond motifs is 1. The number of rotatable bonds is 1. The fourth-order valence-corrected chi connectivity index (χ4v) is 2.12. The second-order valence-corrected chi connectivity index (χ2v) is 4.87. The van der Waals surface area contributed by atoms with Crippen molar-refractivity contribution in [3.8, 4) is 11.5 Å². The molecule has 0 spiro atoms. The number of ether oxygens (including phenoxy) is 2. The molecule has 1 aliphatic rings. The number of methoxy groups -OCH3 is 1. The molecule has 0 radical (unpaired) electrons. The van der Waals surface area contributed by atoms with Crippen LogP contribution in [0.15, 0.2) is 48.5 Å². The lowest BCUT2D eigenvalue weighted by Crippen LogP contribution is -1.99. The van der Waals surface area contributed by atoms with Gasteiger partial charge in [0.25, 0.3) is 0 Å². The van der Waals surface area contributed by atoms with E-state index < -0.39 is 0 Å². The van der Waals surface area contributed by atoms with Crippen molar-refractivity contribution in [2.45, 2.75) is 19.8 Å². The van der Waals surface area contributed by atoms with Crippen LogP contribution in [0.5, 0.6) is 11.5 Å². The van der Waals surface area contributed by atoms with Gasteiger partial charge in [-0.25, -0.2) is 0 Å². The molecule has 3 heteroatoms. The molecule has 0 atom stereocenters. The molecule has 0 amide bonds. The summed E-state index contributed by atoms with van der Waals surface area (Å²) in [6, 6.07) is 15.7. The smallest absolute Gasteiger partial charge is 0.171 e. The van der Waals surface area contributed by atoms with Gasteiger partial charge in [0.1, 0.15) is 0 Å². The first-order chi connectivity index (χ1) is 10.2. The fourth-order valence-electron chi connectivity index (χ4n) is 2.12. The summed E-state index contributed by atoms with van der Waals surface area (Å²) in [7, 11) is 1.58. The molecular weight excluding hydrogens is 264 g/mol. The van der Waals surface area contributed by atoms with E-state index >= 15 is 0 Å². The Kier molecular flexibility index (Phi) is 5.38. The van der Waals surface area contributed by atoms with Crippen LogP contribution >= 0.6 is 0 Å². The van der Waals surface area contributed by atoms with Crippen LogP contribution in [-0.4, -0.2) is 19.5 Å². The number of ketones is 1. The lowest BCUT2D eigenvalue weighted by molar-refractivity contribution is 0.0983. The summed E-state index contributed by atoms with van der Waals surface area (Å²) >= 11 is 0. The Balaban J connectivity index is 0.000000194. The maximum Gasteiger partial charge on any atom is 0.171 e. The third kappa shape index (κ3) is 4.09. The number of benzene rings is 2. The average Bonchev–Trinajstić information content (AvgIpc) is 2.71. The zero-order valence-electron chi connectivity index (χ0n) is 12.5. The van der Waals surface area contributed by atoms with E-state index in [9.17, 15) is 4.79 Å². The van der Waals surface area contributed by atoms with Gasteiger partial charge < -0.3 is 9.47 Å². The van der Waals surface area contributed by atoms with Gasteiger partial charge in [0.2, 0.25) is 0 Å². The van der Waals surface area contributed by atoms with E-state index in [-0.39, 0.29) is 5.78 Å². The van der Waals surface area contributed by atoms with Gasteiger partial charge in [0.05, 0.1) is 19.3 Å². The van der Waals surface area contributed by atoms with Gasteiger partial charge in [-0.3, -0.25) is 4.79 Å². The molecule has 1 heterocycles. The summed E-state index contributed by atoms with van der Waals surface area (Å²) in [5.74, 6) is 1.37. The highest BCUT2D eigenvalue weighted by Crippen LogP contribution is 2.33. The SMILES string of the molecule is COc1cccc2c1OCCCC2=O.Cc1ccccc1. The molecule has 21 heavy (non-hydrogen) atoms. The molecule has 3 rings (SSSR count). The molecule has 0 aliphatic carbocycles. The molecule has 0 unspecified atom stereocenters. The van der Waals surface area contributed by atoms with Crippen LogP contribution in [0.3, 0.4) is 0 Å². The predicted molar refractivity (Wildman–Crippen MR) is 83.2 cm³/mol. The largest absolute Gasteiger partial charge is 0.493 e. The van der Waals surface area contributed by atoms with Crippen molar-refractivity contribution in [1.29, 1.82) is 0 Å². The number of aryl methyl sites for hydroxylation is 1. The van der Waals surface area contributed by atoms with Crippen LogP contribution in [0.2, 0.25) is 0 Å². The van der Waals surface area contributed by atoms with E-state index in [1.165, 1.54) is 5.56 Å². The monoisotopic (exact) mass is 284 g/mol. The van der Waals surface area contributed by atoms with Gasteiger partial charge in [-0.2, -0.15) is 0 Å². The van der Waals surface area contributed by atoms with E-state index in [0.717, 1.165) is 6.42 Å². The quantitative estimate of drug-likeness (QED) is 0.792. The highest BCUT2D eigenvalue weighted by atomic mass is 16.5. The van der Waals surface area contributed by atoms with Gasteiger partial charge in [-0.05, 0) is 25.5 Å². The average molecular weight is 284 g/mol. The first-order valence-corrected chi connectivity index (χ1v) is 7.07. The Labute approximate surface area is 125 Å². The number of hydrogen-bond acceptors (Lipinski definition) is 3. The van der Waals surface area contributed by atoms with E-state index in [1.807, 2.05) is 24.3 Å². The van der Waals surface area contributed by atoms with Crippen LogP contribution in [0.4, 0.5) is 0 Å². The van der Waals surface area contributed by atoms with Crippen molar-refractivity contribution >= 4 is 5.78 Å². The van der Waals surface area contributed by atoms with E-state index in [1.54, 1.807) is 19.2 Å². The molecule has 0 aromatic heterocycles. The van der Waals surface area contributed by atoms with Crippen molar-refractivity contribution < 1.29 is 14.3 Å². The molecule has 0 fully saturated rings. The fraction of sp³-hybridized carbons (Fsp3) is 0.278. The Morgan fingerprint density at radius 3 is 2.43 bits per heavy atom. The van der Waals surface area contributed by atoms with Gasteiger partial charge >= 0.3 is 0 Å². The van der Waals surface area contributed by atoms with Crippen LogP contribution < -0.4 is 9.47 Å². The summed E-state index contributed by atoms with van der Waals surface area (Å²) in [4.78, 5) is 11.6. The first kappa shape index (κ1) is 15.1. The molecule has 2 aromatic rings. The maximum atomic E-state index is 11.6. The van der Waals surface area contributed by atoms with Crippen molar-refractivity contribution in [2.24, 2.45) is 0 Å². The zero-order valence-corrected chi connectivity index (χ0v) is 12.5. The molecule has 0 bridgehead atoms. The van der Waals surface area contributed by atoms with Crippen molar-refractivity contribution in [3.05, 3.63) is 59.7 Å². The van der Waals surface area contributed by atoms with Crippen molar-refractivity contribution in [1.82, 2.24) is 0 Å². The van der Waals surface area contributed by atoms with Gasteiger partial charge in [0, 0.05) is 6.42 Å². The third-order valence-electron chi connectivity index (χ3n) is 3.23. The van der Waals surface area contributed by atoms with Gasteiger partial charge in [0.15, 0.2) is 17.3 Å². The van der Waals surface area contributed by atoms with Gasteiger partial charge in [-0.15, -0.1) is 0 Å². The van der Waals surface area contributed by atoms with E-state index in [0.29, 0.717) is 30.1 Å². The topological polar surface area (TPSA) is 35.5 Å². The first-order valence-electron chi connectivity index (χ1n) is 7.07. The van der Waals surface area contributed by atoms with E-state index in [4.69, 9.17) is 9.47 Å². The zero-order chi connectivity index (χ0) is 15.1. The molecule has 0 saturated carbocycles. The standard InChI is InChI=1S/C11H12O3.C7H8/c1-13-10-6-2-4-8-9(12)5-3-7-14-11(8)10;1-7-5-3-2-4-6-7/h2,4,6H,3,5,7H2,1H3;2-6H,1H3. The Morgan fingerprint density at radius 1 is 1.05 bits per heavy atom. The van der Waals surface area contributed by atoms with Crippen molar-refractivity contribution in [2.75, 3.05) is 13.7 Å². The maximum absolute atomic E-state index is 11.6. The number of hydrogen-bond donors (Lipinski definition) is 0. The number of para-hydroxylation sites is 1. The lowest BCUT2D eigenvalue weighted by atomic mass is 10.1. The summed E-state index contributed by atoms with van der Waals surface area (Å²) < 4.78 is 10.6. The predicted octanol–water partition coefficient (Wildman–Crippen LogP) is 4.05. The molecule has 0 saturated heterocycles. The molecule has 0 N–H and O–H groups in total. The van der Waals surface area contributed by atoms with Crippen molar-refractivity contribution in [3.63, 3.8) is 0 Å². The summed E-state index contributed by atoms with van der Waals surface area (Å²) in [5, 5.41) is 0. The highest BCUT2D eigenvalue weighted by molar-refractivity contribution is 5.99. The summed E-state index contributed by atoms with van der Waals surface area (Å²) in [6.45, 7) is 2.67. The number of carbonyl (C=O) groups excluding carboxylic acids is 1. The normalized spacial score (nSPS) is 13.1. The van der Waals surface area contributed by atoms with E-state index in [2.05, 4.69) is 19.1 Å². The summed E-state index contributed by atoms with van der Waals surface area (Å²) in [5.41, 5.74) is 1.96. The van der Waals surface area contributed by atoms with Crippen LogP contribution in [0, 0.1) is 6.92 Å². The van der Waals surface area contributed by atoms with Gasteiger partial charge in [-0.1, -0.05) is 42.0 Å². The molecular formula is C18H20O3. The molecule has 3 nitrogen and oxygen atoms in total. The molecule has 2 aromatic carbocycles. The van der Waals surface area contributed by atoms with Crippen LogP contribution in [0.1, 0.15) is 28.8 Å². The molecule has 110 valence electrons. The minimum atomic E-state index is 0.136. The van der Waals surface area contributed by atoms with Crippen LogP contribution in [-0.2, 0) is 0 Å². The minimum Gasteiger partial charge on any atom is -0.493 e. The Hall–Kier alpha value is -2.29. The third-order valence-corrected chi connectivity index (χ3v) is 3.23. The number of Topliss-reactive ketones (excluding diaryl/α,β-unsaturated/α-hetero) is 1.